The molecular formula is C17H20N4O2S. The Morgan fingerprint density at radius 2 is 2.33 bits per heavy atom. The average molecular weight is 344 g/mol. The summed E-state index contributed by atoms with van der Waals surface area (Å²) in [5.41, 5.74) is 0. The summed E-state index contributed by atoms with van der Waals surface area (Å²) in [7, 11) is 3.81. The van der Waals surface area contributed by atoms with Crippen LogP contribution in [-0.2, 0) is 4.79 Å². The number of thiophene rings is 1. The van der Waals surface area contributed by atoms with E-state index in [4.69, 9.17) is 4.74 Å². The van der Waals surface area contributed by atoms with Gasteiger partial charge >= 0.3 is 0 Å². The molecule has 1 aliphatic rings. The first kappa shape index (κ1) is 16.4. The Kier molecular flexibility index (Phi) is 5.10. The maximum Gasteiger partial charge on any atom is 0.246 e. The third-order valence-corrected chi connectivity index (χ3v) is 4.57. The topological polar surface area (TPSA) is 58.6 Å². The van der Waals surface area contributed by atoms with Crippen LogP contribution < -0.4 is 9.64 Å². The lowest BCUT2D eigenvalue weighted by Gasteiger charge is -2.16. The Balaban J connectivity index is 1.55. The van der Waals surface area contributed by atoms with Gasteiger partial charge in [0, 0.05) is 38.0 Å². The SMILES string of the molecule is CN(C)c1cncc(O[C@@H]2CCN(C(=O)/C=C/c3cccs3)C2)n1. The van der Waals surface area contributed by atoms with Crippen molar-refractivity contribution in [3.05, 3.63) is 40.9 Å². The van der Waals surface area contributed by atoms with Crippen LogP contribution in [0.1, 0.15) is 11.3 Å². The summed E-state index contributed by atoms with van der Waals surface area (Å²) in [6.07, 6.45) is 7.53. The zero-order valence-corrected chi connectivity index (χ0v) is 14.6. The van der Waals surface area contributed by atoms with Crippen LogP contribution in [0.3, 0.4) is 0 Å². The predicted octanol–water partition coefficient (Wildman–Crippen LogP) is 2.30. The zero-order chi connectivity index (χ0) is 16.9. The van der Waals surface area contributed by atoms with Crippen molar-refractivity contribution < 1.29 is 9.53 Å². The Hall–Kier alpha value is -2.41. The molecule has 2 aromatic rings. The van der Waals surface area contributed by atoms with E-state index in [-0.39, 0.29) is 12.0 Å². The van der Waals surface area contributed by atoms with Crippen LogP contribution in [0.15, 0.2) is 36.0 Å². The van der Waals surface area contributed by atoms with E-state index >= 15 is 0 Å². The number of aromatic nitrogens is 2. The summed E-state index contributed by atoms with van der Waals surface area (Å²) in [4.78, 5) is 25.5. The standard InChI is InChI=1S/C17H20N4O2S/c1-20(2)15-10-18-11-16(19-15)23-13-7-8-21(12-13)17(22)6-5-14-4-3-9-24-14/h3-6,9-11,13H,7-8,12H2,1-2H3/b6-5+/t13-/m1/s1. The molecule has 6 nitrogen and oxygen atoms in total. The van der Waals surface area contributed by atoms with Crippen molar-refractivity contribution in [2.24, 2.45) is 0 Å². The number of anilines is 1. The summed E-state index contributed by atoms with van der Waals surface area (Å²) >= 11 is 1.61. The van der Waals surface area contributed by atoms with Gasteiger partial charge in [-0.2, -0.15) is 4.98 Å². The first-order valence-corrected chi connectivity index (χ1v) is 8.66. The van der Waals surface area contributed by atoms with E-state index in [0.29, 0.717) is 19.0 Å². The van der Waals surface area contributed by atoms with Crippen LogP contribution >= 0.6 is 11.3 Å². The number of rotatable bonds is 5. The van der Waals surface area contributed by atoms with E-state index < -0.39 is 0 Å². The van der Waals surface area contributed by atoms with Crippen molar-refractivity contribution >= 4 is 29.1 Å². The lowest BCUT2D eigenvalue weighted by molar-refractivity contribution is -0.125. The van der Waals surface area contributed by atoms with Gasteiger partial charge in [0.2, 0.25) is 11.8 Å². The number of hydrogen-bond donors (Lipinski definition) is 0. The van der Waals surface area contributed by atoms with Crippen LogP contribution in [0, 0.1) is 0 Å². The van der Waals surface area contributed by atoms with Crippen LogP contribution in [-0.4, -0.2) is 54.1 Å². The number of carbonyl (C=O) groups excluding carboxylic acids is 1. The number of nitrogens with zero attached hydrogens (tertiary/aromatic N) is 4. The minimum atomic E-state index is -0.0456. The molecule has 1 saturated heterocycles. The Bertz CT molecular complexity index is 715. The second-order valence-corrected chi connectivity index (χ2v) is 6.75. The van der Waals surface area contributed by atoms with Crippen molar-refractivity contribution in [1.29, 1.82) is 0 Å². The fraction of sp³-hybridized carbons (Fsp3) is 0.353. The largest absolute Gasteiger partial charge is 0.471 e. The van der Waals surface area contributed by atoms with Crippen molar-refractivity contribution in [2.75, 3.05) is 32.1 Å². The van der Waals surface area contributed by atoms with E-state index in [1.165, 1.54) is 0 Å². The molecule has 0 bridgehead atoms. The number of carbonyl (C=O) groups is 1. The van der Waals surface area contributed by atoms with E-state index in [1.807, 2.05) is 42.6 Å². The monoisotopic (exact) mass is 344 g/mol. The highest BCUT2D eigenvalue weighted by Gasteiger charge is 2.27. The zero-order valence-electron chi connectivity index (χ0n) is 13.8. The predicted molar refractivity (Wildman–Crippen MR) is 95.3 cm³/mol. The van der Waals surface area contributed by atoms with Crippen LogP contribution in [0.4, 0.5) is 5.82 Å². The molecule has 0 spiro atoms. The third-order valence-electron chi connectivity index (χ3n) is 3.74. The average Bonchev–Trinajstić information content (AvgIpc) is 3.24. The fourth-order valence-electron chi connectivity index (χ4n) is 2.45. The van der Waals surface area contributed by atoms with Gasteiger partial charge in [0.1, 0.15) is 6.10 Å². The van der Waals surface area contributed by atoms with Gasteiger partial charge in [-0.05, 0) is 17.5 Å². The second kappa shape index (κ2) is 7.44. The summed E-state index contributed by atoms with van der Waals surface area (Å²) in [6, 6.07) is 3.96. The van der Waals surface area contributed by atoms with E-state index in [2.05, 4.69) is 9.97 Å². The Morgan fingerprint density at radius 1 is 1.46 bits per heavy atom. The molecule has 0 radical (unpaired) electrons. The molecule has 126 valence electrons. The molecular weight excluding hydrogens is 324 g/mol. The summed E-state index contributed by atoms with van der Waals surface area (Å²) in [6.45, 7) is 1.26. The van der Waals surface area contributed by atoms with Gasteiger partial charge in [-0.25, -0.2) is 0 Å². The van der Waals surface area contributed by atoms with Gasteiger partial charge in [-0.3, -0.25) is 9.78 Å². The van der Waals surface area contributed by atoms with E-state index in [9.17, 15) is 4.79 Å². The highest BCUT2D eigenvalue weighted by Crippen LogP contribution is 2.19. The molecule has 2 aromatic heterocycles. The second-order valence-electron chi connectivity index (χ2n) is 5.77. The third kappa shape index (κ3) is 4.11. The molecule has 0 saturated carbocycles. The number of hydrogen-bond acceptors (Lipinski definition) is 6. The Labute approximate surface area is 145 Å². The van der Waals surface area contributed by atoms with Gasteiger partial charge in [-0.1, -0.05) is 6.07 Å². The maximum atomic E-state index is 12.2. The molecule has 3 heterocycles. The molecule has 3 rings (SSSR count). The molecule has 0 unspecified atom stereocenters. The maximum absolute atomic E-state index is 12.2. The summed E-state index contributed by atoms with van der Waals surface area (Å²) < 4.78 is 5.88. The molecule has 1 fully saturated rings. The highest BCUT2D eigenvalue weighted by atomic mass is 32.1. The minimum Gasteiger partial charge on any atom is -0.471 e. The summed E-state index contributed by atoms with van der Waals surface area (Å²) in [5, 5.41) is 1.99. The number of amides is 1. The lowest BCUT2D eigenvalue weighted by Crippen LogP contribution is -2.29. The molecule has 0 N–H and O–H groups in total. The minimum absolute atomic E-state index is 0.0163. The van der Waals surface area contributed by atoms with Crippen molar-refractivity contribution in [2.45, 2.75) is 12.5 Å². The fourth-order valence-corrected chi connectivity index (χ4v) is 3.07. The van der Waals surface area contributed by atoms with Crippen LogP contribution in [0.5, 0.6) is 5.88 Å². The molecule has 0 aliphatic carbocycles. The van der Waals surface area contributed by atoms with E-state index in [0.717, 1.165) is 17.1 Å². The molecule has 1 aliphatic heterocycles. The van der Waals surface area contributed by atoms with Gasteiger partial charge in [0.05, 0.1) is 18.9 Å². The van der Waals surface area contributed by atoms with Crippen LogP contribution in [0.2, 0.25) is 0 Å². The number of ether oxygens (including phenoxy) is 1. The van der Waals surface area contributed by atoms with Gasteiger partial charge in [-0.15, -0.1) is 11.3 Å². The lowest BCUT2D eigenvalue weighted by atomic mass is 10.3. The first-order chi connectivity index (χ1) is 11.6. The van der Waals surface area contributed by atoms with Crippen molar-refractivity contribution in [3.63, 3.8) is 0 Å². The van der Waals surface area contributed by atoms with Gasteiger partial charge in [0.15, 0.2) is 5.82 Å². The highest BCUT2D eigenvalue weighted by molar-refractivity contribution is 7.10. The number of likely N-dealkylation sites (tertiary alicyclic amines) is 1. The quantitative estimate of drug-likeness (QED) is 0.779. The first-order valence-electron chi connectivity index (χ1n) is 7.78. The normalized spacial score (nSPS) is 17.4. The van der Waals surface area contributed by atoms with E-state index in [1.54, 1.807) is 34.7 Å². The molecule has 1 atom stereocenters. The Morgan fingerprint density at radius 3 is 3.08 bits per heavy atom. The molecule has 1 amide bonds. The van der Waals surface area contributed by atoms with Crippen LogP contribution in [0.25, 0.3) is 6.08 Å². The van der Waals surface area contributed by atoms with Crippen molar-refractivity contribution in [3.8, 4) is 5.88 Å². The summed E-state index contributed by atoms with van der Waals surface area (Å²) in [5.74, 6) is 1.26. The van der Waals surface area contributed by atoms with Gasteiger partial charge < -0.3 is 14.5 Å². The van der Waals surface area contributed by atoms with Gasteiger partial charge in [0.25, 0.3) is 0 Å². The molecule has 0 aromatic carbocycles. The molecule has 24 heavy (non-hydrogen) atoms. The molecule has 7 heteroatoms. The smallest absolute Gasteiger partial charge is 0.246 e. The van der Waals surface area contributed by atoms with Crippen molar-refractivity contribution in [1.82, 2.24) is 14.9 Å².